The van der Waals surface area contributed by atoms with Crippen LogP contribution >= 0.6 is 11.3 Å². The monoisotopic (exact) mass is 848 g/mol. The topological polar surface area (TPSA) is 19.6 Å². The molecule has 4 aliphatic rings. The van der Waals surface area contributed by atoms with Crippen molar-refractivity contribution in [3.8, 4) is 22.3 Å². The van der Waals surface area contributed by atoms with Crippen LogP contribution in [0.2, 0.25) is 0 Å². The molecule has 0 atom stereocenters. The summed E-state index contributed by atoms with van der Waals surface area (Å²) in [5.74, 6) is 0. The van der Waals surface area contributed by atoms with Crippen molar-refractivity contribution in [2.45, 2.75) is 96.8 Å². The third-order valence-electron chi connectivity index (χ3n) is 15.8. The molecule has 13 rings (SSSR count). The highest BCUT2D eigenvalue weighted by molar-refractivity contribution is 7.32. The summed E-state index contributed by atoms with van der Waals surface area (Å²) in [7, 11) is 0. The Balaban J connectivity index is 1.21. The van der Waals surface area contributed by atoms with Crippen LogP contribution in [0.1, 0.15) is 102 Å². The van der Waals surface area contributed by atoms with Crippen LogP contribution < -0.4 is 20.0 Å². The molecule has 0 amide bonds. The number of fused-ring (bicyclic) bond motifs is 14. The number of anilines is 5. The summed E-state index contributed by atoms with van der Waals surface area (Å²) >= 11 is 2.02. The molecule has 0 saturated carbocycles. The van der Waals surface area contributed by atoms with E-state index >= 15 is 0 Å². The summed E-state index contributed by atoms with van der Waals surface area (Å²) in [6.07, 6.45) is 5.86. The van der Waals surface area contributed by atoms with Gasteiger partial charge in [-0.05, 0) is 141 Å². The van der Waals surface area contributed by atoms with Gasteiger partial charge < -0.3 is 14.1 Å². The lowest BCUT2D eigenvalue weighted by Crippen LogP contribution is -2.61. The average Bonchev–Trinajstić information content (AvgIpc) is 3.93. The molecule has 0 unspecified atom stereocenters. The Labute approximate surface area is 381 Å². The van der Waals surface area contributed by atoms with Gasteiger partial charge in [0.25, 0.3) is 0 Å². The highest BCUT2D eigenvalue weighted by atomic mass is 32.1. The van der Waals surface area contributed by atoms with Crippen LogP contribution in [0.5, 0.6) is 0 Å². The smallest absolute Gasteiger partial charge is 0.343 e. The molecule has 2 aliphatic carbocycles. The Morgan fingerprint density at radius 2 is 1.33 bits per heavy atom. The van der Waals surface area contributed by atoms with E-state index in [9.17, 15) is 0 Å². The van der Waals surface area contributed by atoms with Gasteiger partial charge in [0.2, 0.25) is 0 Å². The van der Waals surface area contributed by atoms with E-state index in [1.165, 1.54) is 125 Å². The summed E-state index contributed by atoms with van der Waals surface area (Å²) in [5, 5.41) is 3.68. The minimum absolute atomic E-state index is 0.0767. The molecule has 64 heavy (non-hydrogen) atoms. The second kappa shape index (κ2) is 13.3. The van der Waals surface area contributed by atoms with Crippen LogP contribution in [-0.4, -0.2) is 6.85 Å². The van der Waals surface area contributed by atoms with Crippen LogP contribution in [0.25, 0.3) is 54.3 Å². The number of hydrogen-bond donors (Lipinski definition) is 0. The predicted molar refractivity (Wildman–Crippen MR) is 274 cm³/mol. The van der Waals surface area contributed by atoms with Crippen molar-refractivity contribution in [2.75, 3.05) is 9.71 Å². The lowest BCUT2D eigenvalue weighted by molar-refractivity contribution is 0.332. The van der Waals surface area contributed by atoms with E-state index in [0.717, 1.165) is 28.4 Å². The fourth-order valence-electron chi connectivity index (χ4n) is 12.4. The molecule has 0 fully saturated rings. The minimum atomic E-state index is -0.233. The first-order valence-corrected chi connectivity index (χ1v) is 24.4. The Morgan fingerprint density at radius 3 is 2.11 bits per heavy atom. The van der Waals surface area contributed by atoms with E-state index in [1.54, 1.807) is 0 Å². The standard InChI is InChI=1S/C59H53BN2OS/c1-8-9-17-35-24-26-36(27-25-35)61-48-32-41-38-20-13-15-22-44(38)59(6,7)53(41)52-42-30-40-39-21-14-16-23-49(39)63-50(40)34-47(42)62(37-18-11-10-12-19-37)60(54(48)52)56-55(61)43-31-45-46(33-51(43)64-56)58(4,5)29-28-57(45,2)3/h10-16,18-27,30-34H,8-9,17,28-29H2,1-7H3. The van der Waals surface area contributed by atoms with Crippen LogP contribution in [-0.2, 0) is 22.7 Å². The van der Waals surface area contributed by atoms with E-state index in [1.807, 2.05) is 11.3 Å². The van der Waals surface area contributed by atoms with E-state index in [-0.39, 0.29) is 23.1 Å². The van der Waals surface area contributed by atoms with Crippen LogP contribution in [0.3, 0.4) is 0 Å². The Kier molecular flexibility index (Phi) is 7.97. The van der Waals surface area contributed by atoms with Crippen LogP contribution in [0, 0.1) is 0 Å². The van der Waals surface area contributed by atoms with E-state index in [4.69, 9.17) is 4.42 Å². The highest BCUT2D eigenvalue weighted by Crippen LogP contribution is 2.59. The van der Waals surface area contributed by atoms with Crippen molar-refractivity contribution in [3.05, 3.63) is 161 Å². The molecule has 5 heteroatoms. The van der Waals surface area contributed by atoms with E-state index in [0.29, 0.717) is 0 Å². The van der Waals surface area contributed by atoms with Crippen LogP contribution in [0.4, 0.5) is 28.4 Å². The van der Waals surface area contributed by atoms with Crippen molar-refractivity contribution in [3.63, 3.8) is 0 Å². The number of para-hydroxylation sites is 2. The van der Waals surface area contributed by atoms with Crippen LogP contribution in [0.15, 0.2) is 138 Å². The number of nitrogens with zero attached hydrogens (tertiary/aromatic N) is 2. The first-order valence-electron chi connectivity index (χ1n) is 23.6. The zero-order chi connectivity index (χ0) is 43.4. The molecular formula is C59H53BN2OS. The second-order valence-electron chi connectivity index (χ2n) is 20.9. The quantitative estimate of drug-likeness (QED) is 0.161. The molecule has 314 valence electrons. The van der Waals surface area contributed by atoms with E-state index < -0.39 is 0 Å². The fraction of sp³-hybridized carbons (Fsp3) is 0.254. The predicted octanol–water partition coefficient (Wildman–Crippen LogP) is 15.5. The van der Waals surface area contributed by atoms with Crippen molar-refractivity contribution >= 4 is 88.9 Å². The number of thiophene rings is 1. The largest absolute Gasteiger partial charge is 0.456 e. The minimum Gasteiger partial charge on any atom is -0.456 e. The summed E-state index contributed by atoms with van der Waals surface area (Å²) in [6, 6.07) is 51.2. The average molecular weight is 849 g/mol. The molecule has 0 spiro atoms. The Bertz CT molecular complexity index is 3420. The number of furan rings is 1. The molecule has 2 aromatic heterocycles. The zero-order valence-corrected chi connectivity index (χ0v) is 38.8. The molecule has 2 aliphatic heterocycles. The molecule has 0 bridgehead atoms. The second-order valence-corrected chi connectivity index (χ2v) is 22.0. The maximum Gasteiger partial charge on any atom is 0.343 e. The van der Waals surface area contributed by atoms with Gasteiger partial charge in [-0.1, -0.05) is 128 Å². The van der Waals surface area contributed by atoms with Crippen molar-refractivity contribution in [1.29, 1.82) is 0 Å². The number of unbranched alkanes of at least 4 members (excludes halogenated alkanes) is 1. The molecule has 0 N–H and O–H groups in total. The first-order chi connectivity index (χ1) is 30.9. The maximum atomic E-state index is 6.77. The molecular weight excluding hydrogens is 796 g/mol. The maximum absolute atomic E-state index is 6.77. The van der Waals surface area contributed by atoms with Gasteiger partial charge in [0.1, 0.15) is 11.2 Å². The lowest BCUT2D eigenvalue weighted by atomic mass is 9.45. The first kappa shape index (κ1) is 38.4. The Morgan fingerprint density at radius 1 is 0.609 bits per heavy atom. The normalized spacial score (nSPS) is 17.0. The van der Waals surface area contributed by atoms with Gasteiger partial charge in [-0.2, -0.15) is 0 Å². The lowest BCUT2D eigenvalue weighted by Gasteiger charge is -2.46. The molecule has 3 nitrogen and oxygen atoms in total. The zero-order valence-electron chi connectivity index (χ0n) is 38.0. The summed E-state index contributed by atoms with van der Waals surface area (Å²) in [5.41, 5.74) is 22.0. The summed E-state index contributed by atoms with van der Waals surface area (Å²) < 4.78 is 9.54. The molecule has 4 heterocycles. The van der Waals surface area contributed by atoms with Gasteiger partial charge >= 0.3 is 6.85 Å². The fourth-order valence-corrected chi connectivity index (χ4v) is 13.7. The molecule has 9 aromatic rings. The van der Waals surface area contributed by atoms with Gasteiger partial charge in [-0.15, -0.1) is 11.3 Å². The molecule has 0 saturated heterocycles. The summed E-state index contributed by atoms with van der Waals surface area (Å²) in [4.78, 5) is 5.36. The van der Waals surface area contributed by atoms with Gasteiger partial charge in [-0.3, -0.25) is 0 Å². The number of benzene rings is 7. The number of aryl methyl sites for hydroxylation is 1. The van der Waals surface area contributed by atoms with Gasteiger partial charge in [0.05, 0.1) is 5.69 Å². The Hall–Kier alpha value is -6.04. The molecule has 0 radical (unpaired) electrons. The van der Waals surface area contributed by atoms with E-state index in [2.05, 4.69) is 192 Å². The third kappa shape index (κ3) is 5.16. The summed E-state index contributed by atoms with van der Waals surface area (Å²) in [6.45, 7) is 17.0. The van der Waals surface area contributed by atoms with Gasteiger partial charge in [0, 0.05) is 65.4 Å². The van der Waals surface area contributed by atoms with Crippen molar-refractivity contribution < 1.29 is 4.42 Å². The number of hydrogen-bond acceptors (Lipinski definition) is 4. The third-order valence-corrected chi connectivity index (χ3v) is 17.0. The van der Waals surface area contributed by atoms with Gasteiger partial charge in [0.15, 0.2) is 0 Å². The van der Waals surface area contributed by atoms with Gasteiger partial charge in [-0.25, -0.2) is 0 Å². The highest BCUT2D eigenvalue weighted by Gasteiger charge is 2.51. The van der Waals surface area contributed by atoms with Crippen molar-refractivity contribution in [1.82, 2.24) is 0 Å². The number of rotatable bonds is 5. The van der Waals surface area contributed by atoms with Crippen molar-refractivity contribution in [2.24, 2.45) is 0 Å². The SMILES string of the molecule is CCCCc1ccc(N2c3cc4c(c5c3B(c3sc6cc7c(cc6c32)C(C)(C)CCC7(C)C)N(c2ccccc2)c2cc3oc6ccccc6c3cc2-5)C(C)(C)c2ccccc2-4)cc1. The molecule has 7 aromatic carbocycles.